The fourth-order valence-electron chi connectivity index (χ4n) is 3.34. The number of aromatic nitrogens is 4. The molecule has 6 nitrogen and oxygen atoms in total. The Morgan fingerprint density at radius 2 is 2.03 bits per heavy atom. The average Bonchev–Trinajstić information content (AvgIpc) is 3.35. The lowest BCUT2D eigenvalue weighted by Gasteiger charge is -2.09. The molecule has 0 unspecified atom stereocenters. The first-order valence-electron chi connectivity index (χ1n) is 9.61. The average molecular weight is 561 g/mol. The lowest BCUT2D eigenvalue weighted by molar-refractivity contribution is -0.142. The van der Waals surface area contributed by atoms with Crippen LogP contribution >= 0.6 is 31.9 Å². The Morgan fingerprint density at radius 3 is 2.68 bits per heavy atom. The van der Waals surface area contributed by atoms with Gasteiger partial charge in [-0.3, -0.25) is 14.2 Å². The van der Waals surface area contributed by atoms with Crippen LogP contribution in [0.15, 0.2) is 45.6 Å². The molecule has 0 atom stereocenters. The molecule has 0 spiro atoms. The van der Waals surface area contributed by atoms with Gasteiger partial charge in [-0.2, -0.15) is 23.4 Å². The molecular weight excluding hydrogens is 543 g/mol. The fraction of sp³-hybridized carbons (Fsp3) is 0.350. The van der Waals surface area contributed by atoms with E-state index in [0.717, 1.165) is 22.9 Å². The van der Waals surface area contributed by atoms with Crippen molar-refractivity contribution in [1.29, 1.82) is 0 Å². The maximum Gasteiger partial charge on any atom is 0.436 e. The van der Waals surface area contributed by atoms with Gasteiger partial charge in [0, 0.05) is 24.2 Å². The third-order valence-electron chi connectivity index (χ3n) is 4.87. The Morgan fingerprint density at radius 1 is 1.26 bits per heavy atom. The van der Waals surface area contributed by atoms with Crippen molar-refractivity contribution in [3.63, 3.8) is 0 Å². The summed E-state index contributed by atoms with van der Waals surface area (Å²) in [6.07, 6.45) is 0.669. The number of halogens is 5. The molecule has 3 aromatic rings. The molecule has 164 valence electrons. The summed E-state index contributed by atoms with van der Waals surface area (Å²) in [5.74, 6) is -0.235. The van der Waals surface area contributed by atoms with Crippen LogP contribution in [0.3, 0.4) is 0 Å². The molecule has 31 heavy (non-hydrogen) atoms. The van der Waals surface area contributed by atoms with Gasteiger partial charge in [0.2, 0.25) is 5.91 Å². The minimum Gasteiger partial charge on any atom is -0.326 e. The summed E-state index contributed by atoms with van der Waals surface area (Å²) < 4.78 is 43.6. The number of carbonyl (C=O) groups excluding carboxylic acids is 1. The summed E-state index contributed by atoms with van der Waals surface area (Å²) in [5, 5.41) is 10.7. The third-order valence-corrected chi connectivity index (χ3v) is 6.06. The molecule has 0 radical (unpaired) electrons. The number of amides is 1. The van der Waals surface area contributed by atoms with Crippen LogP contribution in [-0.2, 0) is 24.1 Å². The Labute approximate surface area is 193 Å². The number of rotatable bonds is 7. The second kappa shape index (κ2) is 8.78. The molecule has 2 aromatic heterocycles. The van der Waals surface area contributed by atoms with Crippen molar-refractivity contribution in [2.75, 3.05) is 5.32 Å². The zero-order valence-corrected chi connectivity index (χ0v) is 19.3. The molecule has 0 bridgehead atoms. The molecule has 1 N–H and O–H groups in total. The smallest absolute Gasteiger partial charge is 0.326 e. The molecule has 4 rings (SSSR count). The number of alkyl halides is 3. The molecule has 1 aliphatic carbocycles. The van der Waals surface area contributed by atoms with Crippen LogP contribution in [0, 0.1) is 0 Å². The van der Waals surface area contributed by atoms with E-state index in [1.54, 1.807) is 16.9 Å². The van der Waals surface area contributed by atoms with Gasteiger partial charge in [0.1, 0.15) is 0 Å². The normalized spacial score (nSPS) is 14.1. The van der Waals surface area contributed by atoms with E-state index < -0.39 is 11.9 Å². The van der Waals surface area contributed by atoms with Crippen molar-refractivity contribution in [3.8, 4) is 0 Å². The van der Waals surface area contributed by atoms with Crippen LogP contribution < -0.4 is 5.32 Å². The van der Waals surface area contributed by atoms with E-state index in [2.05, 4.69) is 47.4 Å². The minimum absolute atomic E-state index is 0.0131. The van der Waals surface area contributed by atoms with Crippen LogP contribution in [0.25, 0.3) is 0 Å². The van der Waals surface area contributed by atoms with Gasteiger partial charge in [0.05, 0.1) is 33.9 Å². The van der Waals surface area contributed by atoms with Gasteiger partial charge in [0.15, 0.2) is 5.69 Å². The number of aryl methyl sites for hydroxylation is 1. The maximum absolute atomic E-state index is 13.2. The Kier molecular flexibility index (Phi) is 6.25. The fourth-order valence-corrected chi connectivity index (χ4v) is 4.50. The van der Waals surface area contributed by atoms with Crippen LogP contribution in [0.2, 0.25) is 0 Å². The number of nitrogens with one attached hydrogen (secondary N) is 1. The van der Waals surface area contributed by atoms with Gasteiger partial charge in [-0.05, 0) is 62.4 Å². The summed E-state index contributed by atoms with van der Waals surface area (Å²) >= 11 is 6.41. The summed E-state index contributed by atoms with van der Waals surface area (Å²) in [5.41, 5.74) is 1.16. The molecule has 0 aliphatic heterocycles. The first-order valence-corrected chi connectivity index (χ1v) is 11.2. The van der Waals surface area contributed by atoms with Gasteiger partial charge in [-0.25, -0.2) is 0 Å². The van der Waals surface area contributed by atoms with E-state index in [1.165, 1.54) is 4.68 Å². The number of benzene rings is 1. The molecule has 1 aliphatic rings. The zero-order valence-electron chi connectivity index (χ0n) is 16.2. The summed E-state index contributed by atoms with van der Waals surface area (Å²) in [4.78, 5) is 12.4. The number of nitrogens with zero attached hydrogens (tertiary/aromatic N) is 4. The number of anilines is 1. The monoisotopic (exact) mass is 559 g/mol. The van der Waals surface area contributed by atoms with E-state index in [4.69, 9.17) is 0 Å². The van der Waals surface area contributed by atoms with Crippen LogP contribution in [-0.4, -0.2) is 25.5 Å². The van der Waals surface area contributed by atoms with Crippen LogP contribution in [0.4, 0.5) is 18.9 Å². The second-order valence-corrected chi connectivity index (χ2v) is 9.11. The summed E-state index contributed by atoms with van der Waals surface area (Å²) in [7, 11) is 0. The predicted octanol–water partition coefficient (Wildman–Crippen LogP) is 5.58. The predicted molar refractivity (Wildman–Crippen MR) is 116 cm³/mol. The van der Waals surface area contributed by atoms with Crippen molar-refractivity contribution >= 4 is 43.5 Å². The highest BCUT2D eigenvalue weighted by Crippen LogP contribution is 2.47. The molecule has 1 saturated carbocycles. The lowest BCUT2D eigenvalue weighted by Crippen LogP contribution is -2.16. The SMILES string of the molecule is O=C(CCn1nc(C(F)(F)F)c(Br)c1C1CC1)Nc1cccc(Cn2cc(Br)cn2)c1. The van der Waals surface area contributed by atoms with Crippen molar-refractivity contribution in [2.24, 2.45) is 0 Å². The van der Waals surface area contributed by atoms with E-state index in [0.29, 0.717) is 17.9 Å². The quantitative estimate of drug-likeness (QED) is 0.410. The van der Waals surface area contributed by atoms with E-state index in [9.17, 15) is 18.0 Å². The van der Waals surface area contributed by atoms with Gasteiger partial charge in [-0.1, -0.05) is 12.1 Å². The molecule has 0 saturated heterocycles. The van der Waals surface area contributed by atoms with E-state index in [1.807, 2.05) is 24.4 Å². The highest BCUT2D eigenvalue weighted by molar-refractivity contribution is 9.10. The van der Waals surface area contributed by atoms with Crippen LogP contribution in [0.5, 0.6) is 0 Å². The topological polar surface area (TPSA) is 64.7 Å². The molecule has 2 heterocycles. The Hall–Kier alpha value is -2.14. The van der Waals surface area contributed by atoms with Crippen LogP contribution in [0.1, 0.15) is 42.1 Å². The van der Waals surface area contributed by atoms with Crippen molar-refractivity contribution in [3.05, 3.63) is 62.6 Å². The van der Waals surface area contributed by atoms with Gasteiger partial charge >= 0.3 is 6.18 Å². The number of carbonyl (C=O) groups is 1. The molecule has 1 fully saturated rings. The van der Waals surface area contributed by atoms with Crippen molar-refractivity contribution in [2.45, 2.75) is 44.4 Å². The first kappa shape index (κ1) is 22.1. The largest absolute Gasteiger partial charge is 0.436 e. The molecule has 1 aromatic carbocycles. The highest BCUT2D eigenvalue weighted by Gasteiger charge is 2.41. The van der Waals surface area contributed by atoms with Crippen molar-refractivity contribution < 1.29 is 18.0 Å². The Balaban J connectivity index is 1.40. The number of hydrogen-bond acceptors (Lipinski definition) is 3. The van der Waals surface area contributed by atoms with Gasteiger partial charge in [-0.15, -0.1) is 0 Å². The maximum atomic E-state index is 13.2. The van der Waals surface area contributed by atoms with Crippen molar-refractivity contribution in [1.82, 2.24) is 19.6 Å². The second-order valence-electron chi connectivity index (χ2n) is 7.40. The minimum atomic E-state index is -4.54. The lowest BCUT2D eigenvalue weighted by atomic mass is 10.2. The van der Waals surface area contributed by atoms with Gasteiger partial charge < -0.3 is 5.32 Å². The summed E-state index contributed by atoms with van der Waals surface area (Å²) in [6, 6.07) is 7.36. The zero-order chi connectivity index (χ0) is 22.2. The number of hydrogen-bond donors (Lipinski definition) is 1. The third kappa shape index (κ3) is 5.38. The Bertz CT molecular complexity index is 1100. The van der Waals surface area contributed by atoms with E-state index in [-0.39, 0.29) is 29.3 Å². The van der Waals surface area contributed by atoms with E-state index >= 15 is 0 Å². The first-order chi connectivity index (χ1) is 14.7. The highest BCUT2D eigenvalue weighted by atomic mass is 79.9. The molecule has 1 amide bonds. The summed E-state index contributed by atoms with van der Waals surface area (Å²) in [6.45, 7) is 0.620. The molecular formula is C20H18Br2F3N5O. The standard InChI is InChI=1S/C20H18Br2F3N5O/c21-14-9-26-29(11-14)10-12-2-1-3-15(8-12)27-16(31)6-7-30-18(13-4-5-13)17(22)19(28-30)20(23,24)25/h1-3,8-9,11,13H,4-7,10H2,(H,27,31). The van der Waals surface area contributed by atoms with Gasteiger partial charge in [0.25, 0.3) is 0 Å². The molecule has 11 heteroatoms.